The average molecular weight is 992 g/mol. The number of hydrogen-bond acceptors (Lipinski definition) is 14. The summed E-state index contributed by atoms with van der Waals surface area (Å²) in [7, 11) is 0.659. The Balaban J connectivity index is 1.70. The summed E-state index contributed by atoms with van der Waals surface area (Å²) in [5.41, 5.74) is 12.3. The van der Waals surface area contributed by atoms with Crippen LogP contribution in [0.25, 0.3) is 0 Å². The van der Waals surface area contributed by atoms with Crippen LogP contribution in [0.2, 0.25) is 0 Å². The van der Waals surface area contributed by atoms with Gasteiger partial charge in [0.25, 0.3) is 11.7 Å². The summed E-state index contributed by atoms with van der Waals surface area (Å²) in [6.45, 7) is 12.6. The van der Waals surface area contributed by atoms with Crippen LogP contribution in [0, 0.1) is 35.5 Å². The van der Waals surface area contributed by atoms with Crippen LogP contribution in [0.5, 0.6) is 0 Å². The fourth-order valence-electron chi connectivity index (χ4n) is 10.4. The fourth-order valence-corrected chi connectivity index (χ4v) is 11.1. The van der Waals surface area contributed by atoms with Gasteiger partial charge >= 0.3 is 13.6 Å². The smallest absolute Gasteiger partial charge is 0.335 e. The second kappa shape index (κ2) is 26.5. The lowest BCUT2D eigenvalue weighted by molar-refractivity contribution is -0.265. The average Bonchev–Trinajstić information content (AvgIpc) is 3.30. The number of esters is 1. The lowest BCUT2D eigenvalue weighted by Crippen LogP contribution is -2.61. The zero-order valence-corrected chi connectivity index (χ0v) is 43.5. The maximum atomic E-state index is 14.5. The summed E-state index contributed by atoms with van der Waals surface area (Å²) in [5.74, 6) is -8.41. The Hall–Kier alpha value is -3.22. The van der Waals surface area contributed by atoms with Crippen molar-refractivity contribution in [3.05, 3.63) is 47.6 Å². The third-order valence-corrected chi connectivity index (χ3v) is 15.4. The number of amides is 1. The molecule has 3 heterocycles. The van der Waals surface area contributed by atoms with Gasteiger partial charge in [0.2, 0.25) is 5.79 Å². The van der Waals surface area contributed by atoms with Crippen molar-refractivity contribution < 1.29 is 67.0 Å². The Bertz CT molecular complexity index is 1950. The van der Waals surface area contributed by atoms with Crippen LogP contribution in [0.4, 0.5) is 0 Å². The zero-order valence-electron chi connectivity index (χ0n) is 42.6. The molecule has 3 aliphatic heterocycles. The lowest BCUT2D eigenvalue weighted by atomic mass is 9.78. The SMILES string of the molecule is CO[C@H]1C[C@@H]2CC[C@@H](C)[C@@](O)(O2)C(=O)C(=O)N2CCCC[C@H]2C(=O)OC([C@H](C)CC2CC[C@@H](OP(N)(N)=O)[C@H](OC)C2)CC(=O)[C@H](C)/C=C(\C)[C@@H](O)[C@@H](OC)C(=O)[C@H](C)C[C@H](C)/C=C/C=C/C=C/1C. The molecule has 15 atom stereocenters. The molecule has 2 unspecified atom stereocenters. The molecule has 390 valence electrons. The molecule has 18 heteroatoms. The Morgan fingerprint density at radius 3 is 2.23 bits per heavy atom. The highest BCUT2D eigenvalue weighted by Gasteiger charge is 2.53. The van der Waals surface area contributed by atoms with Crippen LogP contribution in [0.15, 0.2) is 47.6 Å². The van der Waals surface area contributed by atoms with Crippen LogP contribution in [-0.2, 0) is 56.7 Å². The van der Waals surface area contributed by atoms with E-state index in [4.69, 9.17) is 39.2 Å². The molecule has 1 aliphatic carbocycles. The topological polar surface area (TPSA) is 254 Å². The number of aliphatic hydroxyl groups excluding tert-OH is 1. The number of ketones is 3. The molecule has 0 radical (unpaired) electrons. The van der Waals surface area contributed by atoms with Gasteiger partial charge in [0.15, 0.2) is 5.78 Å². The first-order chi connectivity index (χ1) is 32.4. The van der Waals surface area contributed by atoms with Crippen molar-refractivity contribution >= 4 is 36.9 Å². The van der Waals surface area contributed by atoms with E-state index in [1.54, 1.807) is 40.9 Å². The van der Waals surface area contributed by atoms with Crippen LogP contribution in [0.3, 0.4) is 0 Å². The van der Waals surface area contributed by atoms with Crippen LogP contribution in [0.1, 0.15) is 126 Å². The number of cyclic esters (lactones) is 1. The standard InChI is InChI=1S/C51H82N3O14P/c1-30-16-12-11-13-17-31(2)42(63-8)28-38-21-19-36(7)51(61,67-38)48(58)49(59)54-23-15-14-18-39(54)50(60)66-43(33(4)26-37-20-22-41(44(27-37)64-9)68-69(52,53)62)29-40(55)32(3)25-35(6)46(57)47(65-10)45(56)34(5)24-30/h11-13,16-17,25,30,32-34,36-39,41-44,46-47,57,61H,14-15,18-24,26-29H2,1-10H3,(H4,52,53,62)/b13-11+,16-12+,31-17+,35-25+/t30-,32-,33-,34-,36-,37?,38+,39+,41-,42+,43?,44-,46-,47+,51-/m1/s1. The van der Waals surface area contributed by atoms with Crippen molar-refractivity contribution in [2.45, 2.75) is 180 Å². The molecular weight excluding hydrogens is 910 g/mol. The van der Waals surface area contributed by atoms with Gasteiger partial charge in [-0.1, -0.05) is 71.1 Å². The van der Waals surface area contributed by atoms with E-state index in [0.29, 0.717) is 69.8 Å². The molecular formula is C51H82N3O14P. The van der Waals surface area contributed by atoms with E-state index in [9.17, 15) is 38.8 Å². The summed E-state index contributed by atoms with van der Waals surface area (Å²) in [6, 6.07) is -1.18. The van der Waals surface area contributed by atoms with Crippen molar-refractivity contribution in [3.63, 3.8) is 0 Å². The van der Waals surface area contributed by atoms with Crippen LogP contribution in [-0.4, -0.2) is 127 Å². The van der Waals surface area contributed by atoms with Crippen LogP contribution >= 0.6 is 7.67 Å². The number of ether oxygens (including phenoxy) is 5. The number of aliphatic hydroxyl groups is 2. The predicted molar refractivity (Wildman–Crippen MR) is 260 cm³/mol. The zero-order chi connectivity index (χ0) is 51.4. The number of Topliss-reactive ketones (excluding diaryl/α,β-unsaturated/α-hetero) is 3. The summed E-state index contributed by atoms with van der Waals surface area (Å²) < 4.78 is 47.1. The monoisotopic (exact) mass is 992 g/mol. The molecule has 6 N–H and O–H groups in total. The van der Waals surface area contributed by atoms with E-state index in [-0.39, 0.29) is 42.8 Å². The Labute approximate surface area is 409 Å². The van der Waals surface area contributed by atoms with E-state index in [1.807, 2.05) is 51.2 Å². The number of rotatable bonds is 8. The van der Waals surface area contributed by atoms with Gasteiger partial charge in [-0.2, -0.15) is 0 Å². The highest BCUT2D eigenvalue weighted by molar-refractivity contribution is 7.53. The van der Waals surface area contributed by atoms with E-state index in [1.165, 1.54) is 19.1 Å². The number of nitrogens with two attached hydrogens (primary N) is 2. The van der Waals surface area contributed by atoms with Gasteiger partial charge < -0.3 is 43.3 Å². The first-order valence-electron chi connectivity index (χ1n) is 24.8. The summed E-state index contributed by atoms with van der Waals surface area (Å²) in [5, 5.41) is 23.4. The third-order valence-electron chi connectivity index (χ3n) is 14.8. The third kappa shape index (κ3) is 16.1. The van der Waals surface area contributed by atoms with E-state index in [2.05, 4.69) is 0 Å². The maximum absolute atomic E-state index is 14.5. The molecule has 2 bridgehead atoms. The second-order valence-electron chi connectivity index (χ2n) is 20.3. The highest BCUT2D eigenvalue weighted by atomic mass is 31.2. The first kappa shape index (κ1) is 58.4. The number of piperidine rings is 1. The van der Waals surface area contributed by atoms with Gasteiger partial charge in [-0.25, -0.2) is 15.8 Å². The van der Waals surface area contributed by atoms with Gasteiger partial charge in [-0.3, -0.25) is 23.7 Å². The highest BCUT2D eigenvalue weighted by Crippen LogP contribution is 2.41. The number of methoxy groups -OCH3 is 3. The van der Waals surface area contributed by atoms with Crippen molar-refractivity contribution in [2.24, 2.45) is 46.5 Å². The molecule has 4 rings (SSSR count). The van der Waals surface area contributed by atoms with E-state index < -0.39 is 104 Å². The van der Waals surface area contributed by atoms with Crippen molar-refractivity contribution in [1.29, 1.82) is 0 Å². The molecule has 69 heavy (non-hydrogen) atoms. The quantitative estimate of drug-likeness (QED) is 0.0910. The van der Waals surface area contributed by atoms with Gasteiger partial charge in [0, 0.05) is 58.5 Å². The molecule has 0 aromatic rings. The molecule has 4 aliphatic rings. The Morgan fingerprint density at radius 1 is 0.870 bits per heavy atom. The van der Waals surface area contributed by atoms with E-state index >= 15 is 0 Å². The Morgan fingerprint density at radius 2 is 1.58 bits per heavy atom. The van der Waals surface area contributed by atoms with Gasteiger partial charge in [0.05, 0.1) is 24.4 Å². The summed E-state index contributed by atoms with van der Waals surface area (Å²) in [6.07, 6.45) is 10.2. The number of carbonyl (C=O) groups is 5. The maximum Gasteiger partial charge on any atom is 0.335 e. The molecule has 0 aromatic carbocycles. The minimum atomic E-state index is -3.79. The van der Waals surface area contributed by atoms with Crippen molar-refractivity contribution in [3.8, 4) is 0 Å². The number of allylic oxidation sites excluding steroid dienone is 6. The summed E-state index contributed by atoms with van der Waals surface area (Å²) in [4.78, 5) is 72.1. The first-order valence-corrected chi connectivity index (χ1v) is 26.5. The molecule has 0 aromatic heterocycles. The number of hydrogen-bond donors (Lipinski definition) is 4. The molecule has 17 nitrogen and oxygen atoms in total. The van der Waals surface area contributed by atoms with Gasteiger partial charge in [-0.15, -0.1) is 0 Å². The minimum absolute atomic E-state index is 0.00261. The minimum Gasteiger partial charge on any atom is -0.460 e. The van der Waals surface area contributed by atoms with Crippen molar-refractivity contribution in [1.82, 2.24) is 4.90 Å². The van der Waals surface area contributed by atoms with E-state index in [0.717, 1.165) is 5.57 Å². The lowest BCUT2D eigenvalue weighted by Gasteiger charge is -2.42. The largest absolute Gasteiger partial charge is 0.460 e. The number of nitrogens with zero attached hydrogens (tertiary/aromatic N) is 1. The summed E-state index contributed by atoms with van der Waals surface area (Å²) >= 11 is 0. The molecule has 2 saturated heterocycles. The van der Waals surface area contributed by atoms with Crippen molar-refractivity contribution in [2.75, 3.05) is 27.9 Å². The Kier molecular flexibility index (Phi) is 22.4. The van der Waals surface area contributed by atoms with Gasteiger partial charge in [0.1, 0.15) is 30.1 Å². The fraction of sp³-hybridized carbons (Fsp3) is 0.745. The number of carbonyl (C=O) groups excluding carboxylic acids is 5. The number of fused-ring (bicyclic) bond motifs is 3. The molecule has 1 saturated carbocycles. The second-order valence-corrected chi connectivity index (χ2v) is 21.8. The predicted octanol–water partition coefficient (Wildman–Crippen LogP) is 6.23. The molecule has 0 spiro atoms. The molecule has 3 fully saturated rings. The van der Waals surface area contributed by atoms with Crippen LogP contribution < -0.4 is 11.0 Å². The van der Waals surface area contributed by atoms with Gasteiger partial charge in [-0.05, 0) is 107 Å². The normalized spacial score (nSPS) is 39.0. The molecule has 1 amide bonds.